The van der Waals surface area contributed by atoms with Crippen LogP contribution in [-0.2, 0) is 4.74 Å². The zero-order valence-electron chi connectivity index (χ0n) is 11.1. The molecule has 0 amide bonds. The van der Waals surface area contributed by atoms with Gasteiger partial charge >= 0.3 is 0 Å². The molecule has 1 aromatic carbocycles. The fourth-order valence-corrected chi connectivity index (χ4v) is 2.00. The van der Waals surface area contributed by atoms with Gasteiger partial charge in [-0.25, -0.2) is 0 Å². The van der Waals surface area contributed by atoms with Crippen molar-refractivity contribution in [1.82, 2.24) is 0 Å². The Morgan fingerprint density at radius 2 is 2.06 bits per heavy atom. The lowest BCUT2D eigenvalue weighted by molar-refractivity contribution is -0.0111. The third-order valence-corrected chi connectivity index (χ3v) is 2.99. The molecular formula is C15H22O3. The molecular weight excluding hydrogens is 228 g/mol. The van der Waals surface area contributed by atoms with Crippen LogP contribution in [0.3, 0.4) is 0 Å². The summed E-state index contributed by atoms with van der Waals surface area (Å²) >= 11 is 0. The van der Waals surface area contributed by atoms with Crippen molar-refractivity contribution >= 4 is 0 Å². The largest absolute Gasteiger partial charge is 0.493 e. The molecule has 0 aliphatic carbocycles. The molecule has 100 valence electrons. The molecule has 1 heterocycles. The monoisotopic (exact) mass is 250 g/mol. The van der Waals surface area contributed by atoms with Crippen molar-refractivity contribution in [2.45, 2.75) is 38.7 Å². The van der Waals surface area contributed by atoms with Crippen molar-refractivity contribution in [1.29, 1.82) is 0 Å². The zero-order chi connectivity index (χ0) is 12.6. The highest BCUT2D eigenvalue weighted by molar-refractivity contribution is 5.32. The van der Waals surface area contributed by atoms with Crippen molar-refractivity contribution in [2.75, 3.05) is 19.8 Å². The molecule has 1 atom stereocenters. The lowest BCUT2D eigenvalue weighted by Crippen LogP contribution is -2.25. The molecule has 3 nitrogen and oxygen atoms in total. The van der Waals surface area contributed by atoms with Crippen LogP contribution in [0, 0.1) is 0 Å². The number of hydrogen-bond donors (Lipinski definition) is 0. The van der Waals surface area contributed by atoms with Gasteiger partial charge in [0.1, 0.15) is 18.1 Å². The van der Waals surface area contributed by atoms with Crippen LogP contribution in [0.4, 0.5) is 0 Å². The van der Waals surface area contributed by atoms with Gasteiger partial charge in [0.2, 0.25) is 0 Å². The molecule has 2 rings (SSSR count). The fraction of sp³-hybridized carbons (Fsp3) is 0.600. The van der Waals surface area contributed by atoms with Gasteiger partial charge in [-0.1, -0.05) is 13.0 Å². The van der Waals surface area contributed by atoms with E-state index in [0.29, 0.717) is 6.61 Å². The van der Waals surface area contributed by atoms with Crippen LogP contribution in [0.1, 0.15) is 32.6 Å². The van der Waals surface area contributed by atoms with E-state index in [4.69, 9.17) is 14.2 Å². The van der Waals surface area contributed by atoms with E-state index in [1.165, 1.54) is 12.8 Å². The maximum Gasteiger partial charge on any atom is 0.123 e. The maximum atomic E-state index is 5.76. The Hall–Kier alpha value is -1.22. The second-order valence-electron chi connectivity index (χ2n) is 4.62. The molecule has 0 saturated carbocycles. The molecule has 0 aromatic heterocycles. The summed E-state index contributed by atoms with van der Waals surface area (Å²) in [7, 11) is 0. The second-order valence-corrected chi connectivity index (χ2v) is 4.62. The van der Waals surface area contributed by atoms with Crippen LogP contribution in [0.2, 0.25) is 0 Å². The highest BCUT2D eigenvalue weighted by Crippen LogP contribution is 2.21. The van der Waals surface area contributed by atoms with Gasteiger partial charge in [-0.3, -0.25) is 0 Å². The summed E-state index contributed by atoms with van der Waals surface area (Å²) in [6.45, 7) is 4.35. The van der Waals surface area contributed by atoms with Crippen molar-refractivity contribution in [2.24, 2.45) is 0 Å². The summed E-state index contributed by atoms with van der Waals surface area (Å²) in [5.74, 6) is 1.73. The van der Waals surface area contributed by atoms with E-state index < -0.39 is 0 Å². The Kier molecular flexibility index (Phi) is 5.34. The third-order valence-electron chi connectivity index (χ3n) is 2.99. The highest BCUT2D eigenvalue weighted by Gasteiger charge is 2.14. The minimum atomic E-state index is 0.249. The minimum absolute atomic E-state index is 0.249. The van der Waals surface area contributed by atoms with Crippen LogP contribution in [0.5, 0.6) is 11.5 Å². The highest BCUT2D eigenvalue weighted by atomic mass is 16.5. The van der Waals surface area contributed by atoms with Gasteiger partial charge in [-0.2, -0.15) is 0 Å². The lowest BCUT2D eigenvalue weighted by Gasteiger charge is -2.22. The molecule has 1 aliphatic heterocycles. The fourth-order valence-electron chi connectivity index (χ4n) is 2.00. The predicted octanol–water partition coefficient (Wildman–Crippen LogP) is 3.42. The summed E-state index contributed by atoms with van der Waals surface area (Å²) < 4.78 is 17.0. The Morgan fingerprint density at radius 1 is 1.22 bits per heavy atom. The minimum Gasteiger partial charge on any atom is -0.493 e. The summed E-state index contributed by atoms with van der Waals surface area (Å²) in [5, 5.41) is 0. The first kappa shape index (κ1) is 13.2. The van der Waals surface area contributed by atoms with Crippen LogP contribution < -0.4 is 9.47 Å². The number of rotatable bonds is 6. The van der Waals surface area contributed by atoms with Crippen LogP contribution in [-0.4, -0.2) is 25.9 Å². The summed E-state index contributed by atoms with van der Waals surface area (Å²) in [6, 6.07) is 7.82. The van der Waals surface area contributed by atoms with Crippen LogP contribution in [0.15, 0.2) is 24.3 Å². The molecule has 0 bridgehead atoms. The molecule has 0 radical (unpaired) electrons. The van der Waals surface area contributed by atoms with Crippen molar-refractivity contribution in [3.05, 3.63) is 24.3 Å². The number of hydrogen-bond acceptors (Lipinski definition) is 3. The van der Waals surface area contributed by atoms with Crippen LogP contribution >= 0.6 is 0 Å². The van der Waals surface area contributed by atoms with E-state index >= 15 is 0 Å². The molecule has 1 saturated heterocycles. The van der Waals surface area contributed by atoms with Gasteiger partial charge in [0.15, 0.2) is 0 Å². The van der Waals surface area contributed by atoms with E-state index in [-0.39, 0.29) is 6.10 Å². The lowest BCUT2D eigenvalue weighted by atomic mass is 10.1. The third kappa shape index (κ3) is 4.22. The van der Waals surface area contributed by atoms with Crippen molar-refractivity contribution in [3.63, 3.8) is 0 Å². The maximum absolute atomic E-state index is 5.76. The summed E-state index contributed by atoms with van der Waals surface area (Å²) in [5.41, 5.74) is 0. The first-order chi connectivity index (χ1) is 8.88. The summed E-state index contributed by atoms with van der Waals surface area (Å²) in [4.78, 5) is 0. The molecule has 1 aliphatic rings. The zero-order valence-corrected chi connectivity index (χ0v) is 11.1. The molecule has 18 heavy (non-hydrogen) atoms. The van der Waals surface area contributed by atoms with Gasteiger partial charge in [-0.15, -0.1) is 0 Å². The predicted molar refractivity (Wildman–Crippen MR) is 71.3 cm³/mol. The van der Waals surface area contributed by atoms with E-state index in [1.807, 2.05) is 24.3 Å². The average Bonchev–Trinajstić information content (AvgIpc) is 2.44. The Labute approximate surface area is 109 Å². The normalized spacial score (nSPS) is 19.5. The van der Waals surface area contributed by atoms with Crippen molar-refractivity contribution < 1.29 is 14.2 Å². The van der Waals surface area contributed by atoms with Gasteiger partial charge in [0.25, 0.3) is 0 Å². The standard InChI is InChI=1S/C15H22O3/c1-2-9-16-13-7-5-8-14(11-13)18-12-15-6-3-4-10-17-15/h5,7-8,11,15H,2-4,6,9-10,12H2,1H3. The molecule has 1 unspecified atom stereocenters. The first-order valence-electron chi connectivity index (χ1n) is 6.85. The quantitative estimate of drug-likeness (QED) is 0.774. The Bertz CT molecular complexity index is 345. The van der Waals surface area contributed by atoms with E-state index in [9.17, 15) is 0 Å². The van der Waals surface area contributed by atoms with Crippen LogP contribution in [0.25, 0.3) is 0 Å². The SMILES string of the molecule is CCCOc1cccc(OCC2CCCCO2)c1. The van der Waals surface area contributed by atoms with Gasteiger partial charge in [0.05, 0.1) is 12.7 Å². The molecule has 0 spiro atoms. The van der Waals surface area contributed by atoms with E-state index in [0.717, 1.165) is 37.6 Å². The molecule has 3 heteroatoms. The first-order valence-corrected chi connectivity index (χ1v) is 6.85. The Morgan fingerprint density at radius 3 is 2.78 bits per heavy atom. The molecule has 1 aromatic rings. The van der Waals surface area contributed by atoms with Gasteiger partial charge in [-0.05, 0) is 37.8 Å². The second kappa shape index (κ2) is 7.27. The van der Waals surface area contributed by atoms with Crippen molar-refractivity contribution in [3.8, 4) is 11.5 Å². The van der Waals surface area contributed by atoms with Gasteiger partial charge in [0, 0.05) is 12.7 Å². The van der Waals surface area contributed by atoms with E-state index in [2.05, 4.69) is 6.92 Å². The number of benzene rings is 1. The summed E-state index contributed by atoms with van der Waals surface area (Å²) in [6.07, 6.45) is 4.79. The van der Waals surface area contributed by atoms with Gasteiger partial charge < -0.3 is 14.2 Å². The molecule has 1 fully saturated rings. The van der Waals surface area contributed by atoms with E-state index in [1.54, 1.807) is 0 Å². The topological polar surface area (TPSA) is 27.7 Å². The average molecular weight is 250 g/mol. The molecule has 0 N–H and O–H groups in total. The number of ether oxygens (including phenoxy) is 3. The smallest absolute Gasteiger partial charge is 0.123 e. The Balaban J connectivity index is 1.80.